The molecular formula is C19H22ClN3O5S. The summed E-state index contributed by atoms with van der Waals surface area (Å²) in [6.45, 7) is 1.67. The van der Waals surface area contributed by atoms with Gasteiger partial charge in [0.2, 0.25) is 15.9 Å². The number of ether oxygens (including phenoxy) is 1. The van der Waals surface area contributed by atoms with Gasteiger partial charge in [0.15, 0.2) is 0 Å². The molecule has 156 valence electrons. The number of carbonyl (C=O) groups excluding carboxylic acids is 2. The molecule has 0 saturated heterocycles. The minimum Gasteiger partial charge on any atom is -0.495 e. The molecule has 3 N–H and O–H groups in total. The smallest absolute Gasteiger partial charge is 0.250 e. The van der Waals surface area contributed by atoms with Gasteiger partial charge in [-0.05, 0) is 36.8 Å². The van der Waals surface area contributed by atoms with Gasteiger partial charge in [-0.25, -0.2) is 8.42 Å². The summed E-state index contributed by atoms with van der Waals surface area (Å²) in [6, 6.07) is 9.55. The quantitative estimate of drug-likeness (QED) is 0.655. The number of amides is 2. The van der Waals surface area contributed by atoms with Gasteiger partial charge in [0.25, 0.3) is 5.91 Å². The van der Waals surface area contributed by atoms with Crippen LogP contribution in [0.2, 0.25) is 5.02 Å². The Bertz CT molecular complexity index is 1030. The van der Waals surface area contributed by atoms with E-state index in [9.17, 15) is 18.0 Å². The number of nitrogens with one attached hydrogen (secondary N) is 1. The molecule has 0 radical (unpaired) electrons. The SMILES string of the molecule is CC[C@@H](C(=O)Nc1ccccc1C(N)=O)N(c1ccc(OC)c(Cl)c1)S(C)(=O)=O. The van der Waals surface area contributed by atoms with Crippen molar-refractivity contribution in [2.24, 2.45) is 5.73 Å². The van der Waals surface area contributed by atoms with Crippen molar-refractivity contribution in [3.8, 4) is 5.75 Å². The summed E-state index contributed by atoms with van der Waals surface area (Å²) in [4.78, 5) is 24.6. The number of methoxy groups -OCH3 is 1. The number of nitrogens with two attached hydrogens (primary N) is 1. The fourth-order valence-electron chi connectivity index (χ4n) is 2.88. The minimum absolute atomic E-state index is 0.120. The van der Waals surface area contributed by atoms with E-state index < -0.39 is 27.9 Å². The largest absolute Gasteiger partial charge is 0.495 e. The molecule has 0 aromatic heterocycles. The van der Waals surface area contributed by atoms with Crippen LogP contribution in [0, 0.1) is 0 Å². The molecule has 0 spiro atoms. The molecule has 0 aliphatic rings. The Balaban J connectivity index is 2.46. The summed E-state index contributed by atoms with van der Waals surface area (Å²) in [7, 11) is -2.41. The zero-order valence-electron chi connectivity index (χ0n) is 16.2. The highest BCUT2D eigenvalue weighted by Gasteiger charge is 2.32. The third-order valence-electron chi connectivity index (χ3n) is 4.17. The van der Waals surface area contributed by atoms with E-state index in [0.29, 0.717) is 5.75 Å². The number of carbonyl (C=O) groups is 2. The highest BCUT2D eigenvalue weighted by Crippen LogP contribution is 2.32. The van der Waals surface area contributed by atoms with Crippen LogP contribution in [0.5, 0.6) is 5.75 Å². The van der Waals surface area contributed by atoms with Gasteiger partial charge >= 0.3 is 0 Å². The first-order valence-electron chi connectivity index (χ1n) is 8.62. The van der Waals surface area contributed by atoms with E-state index in [1.807, 2.05) is 0 Å². The van der Waals surface area contributed by atoms with Crippen LogP contribution in [0.1, 0.15) is 23.7 Å². The van der Waals surface area contributed by atoms with Gasteiger partial charge in [-0.1, -0.05) is 30.7 Å². The van der Waals surface area contributed by atoms with Crippen LogP contribution in [-0.4, -0.2) is 39.6 Å². The molecule has 0 aliphatic heterocycles. The van der Waals surface area contributed by atoms with Gasteiger partial charge < -0.3 is 15.8 Å². The monoisotopic (exact) mass is 439 g/mol. The lowest BCUT2D eigenvalue weighted by atomic mass is 10.1. The molecule has 10 heteroatoms. The zero-order chi connectivity index (χ0) is 21.8. The Morgan fingerprint density at radius 2 is 1.90 bits per heavy atom. The number of nitrogens with zero attached hydrogens (tertiary/aromatic N) is 1. The van der Waals surface area contributed by atoms with Crippen LogP contribution in [0.3, 0.4) is 0 Å². The number of hydrogen-bond acceptors (Lipinski definition) is 5. The Morgan fingerprint density at radius 1 is 1.24 bits per heavy atom. The van der Waals surface area contributed by atoms with Crippen LogP contribution in [0.4, 0.5) is 11.4 Å². The van der Waals surface area contributed by atoms with Crippen LogP contribution in [0.15, 0.2) is 42.5 Å². The fraction of sp³-hybridized carbons (Fsp3) is 0.263. The van der Waals surface area contributed by atoms with Crippen molar-refractivity contribution in [1.82, 2.24) is 0 Å². The van der Waals surface area contributed by atoms with E-state index in [4.69, 9.17) is 22.1 Å². The second-order valence-corrected chi connectivity index (χ2v) is 8.47. The molecule has 29 heavy (non-hydrogen) atoms. The Labute approximate surface area is 174 Å². The van der Waals surface area contributed by atoms with Gasteiger partial charge in [-0.2, -0.15) is 0 Å². The van der Waals surface area contributed by atoms with E-state index in [-0.39, 0.29) is 28.4 Å². The standard InChI is InChI=1S/C19H22ClN3O5S/c1-4-16(19(25)22-15-8-6-5-7-13(15)18(21)24)23(29(3,26)27)12-9-10-17(28-2)14(20)11-12/h5-11,16H,4H2,1-3H3,(H2,21,24)(H,22,25)/t16-/m0/s1. The molecule has 0 heterocycles. The van der Waals surface area contributed by atoms with Crippen molar-refractivity contribution in [1.29, 1.82) is 0 Å². The number of benzene rings is 2. The predicted molar refractivity (Wildman–Crippen MR) is 113 cm³/mol. The normalized spacial score (nSPS) is 12.1. The van der Waals surface area contributed by atoms with E-state index in [1.165, 1.54) is 37.4 Å². The number of primary amides is 1. The molecule has 1 atom stereocenters. The molecule has 8 nitrogen and oxygen atoms in total. The second kappa shape index (κ2) is 9.15. The maximum atomic E-state index is 13.0. The first-order valence-corrected chi connectivity index (χ1v) is 10.8. The molecule has 0 bridgehead atoms. The Morgan fingerprint density at radius 3 is 2.41 bits per heavy atom. The third kappa shape index (κ3) is 5.18. The fourth-order valence-corrected chi connectivity index (χ4v) is 4.33. The third-order valence-corrected chi connectivity index (χ3v) is 5.65. The molecule has 2 aromatic carbocycles. The highest BCUT2D eigenvalue weighted by atomic mass is 35.5. The van der Waals surface area contributed by atoms with Gasteiger partial charge in [0.1, 0.15) is 11.8 Å². The Kier molecular flexibility index (Phi) is 7.10. The minimum atomic E-state index is -3.85. The first-order chi connectivity index (χ1) is 13.6. The average molecular weight is 440 g/mol. The maximum absolute atomic E-state index is 13.0. The lowest BCUT2D eigenvalue weighted by molar-refractivity contribution is -0.117. The van der Waals surface area contributed by atoms with Crippen LogP contribution < -0.4 is 20.1 Å². The maximum Gasteiger partial charge on any atom is 0.250 e. The van der Waals surface area contributed by atoms with E-state index in [1.54, 1.807) is 19.1 Å². The van der Waals surface area contributed by atoms with Gasteiger partial charge in [0, 0.05) is 0 Å². The molecule has 2 aromatic rings. The lowest BCUT2D eigenvalue weighted by Gasteiger charge is -2.30. The predicted octanol–water partition coefficient (Wildman–Crippen LogP) is 2.63. The number of halogens is 1. The van der Waals surface area contributed by atoms with Crippen molar-refractivity contribution in [2.45, 2.75) is 19.4 Å². The van der Waals surface area contributed by atoms with Crippen molar-refractivity contribution in [3.63, 3.8) is 0 Å². The van der Waals surface area contributed by atoms with E-state index in [2.05, 4.69) is 5.32 Å². The summed E-state index contributed by atoms with van der Waals surface area (Å²) >= 11 is 6.14. The van der Waals surface area contributed by atoms with Gasteiger partial charge in [0.05, 0.1) is 35.3 Å². The molecule has 0 unspecified atom stereocenters. The number of rotatable bonds is 8. The van der Waals surface area contributed by atoms with Crippen molar-refractivity contribution in [3.05, 3.63) is 53.1 Å². The summed E-state index contributed by atoms with van der Waals surface area (Å²) in [5.41, 5.74) is 5.87. The zero-order valence-corrected chi connectivity index (χ0v) is 17.8. The number of para-hydroxylation sites is 1. The summed E-state index contributed by atoms with van der Waals surface area (Å²) in [6.07, 6.45) is 1.17. The molecule has 2 rings (SSSR count). The van der Waals surface area contributed by atoms with Gasteiger partial charge in [-0.15, -0.1) is 0 Å². The number of hydrogen-bond donors (Lipinski definition) is 2. The van der Waals surface area contributed by atoms with Gasteiger partial charge in [-0.3, -0.25) is 13.9 Å². The average Bonchev–Trinajstić information content (AvgIpc) is 2.65. The van der Waals surface area contributed by atoms with Crippen LogP contribution in [-0.2, 0) is 14.8 Å². The molecule has 2 amide bonds. The van der Waals surface area contributed by atoms with Crippen molar-refractivity contribution < 1.29 is 22.7 Å². The summed E-state index contributed by atoms with van der Waals surface area (Å²) in [5, 5.41) is 2.80. The van der Waals surface area contributed by atoms with E-state index >= 15 is 0 Å². The van der Waals surface area contributed by atoms with Crippen molar-refractivity contribution >= 4 is 44.8 Å². The number of anilines is 2. The molecule has 0 saturated carbocycles. The molecule has 0 fully saturated rings. The lowest BCUT2D eigenvalue weighted by Crippen LogP contribution is -2.47. The number of sulfonamides is 1. The van der Waals surface area contributed by atoms with Crippen LogP contribution in [0.25, 0.3) is 0 Å². The molecular weight excluding hydrogens is 418 g/mol. The Hall–Kier alpha value is -2.78. The molecule has 0 aliphatic carbocycles. The summed E-state index contributed by atoms with van der Waals surface area (Å²) < 4.78 is 31.1. The van der Waals surface area contributed by atoms with Crippen molar-refractivity contribution in [2.75, 3.05) is 23.0 Å². The first kappa shape index (κ1) is 22.5. The summed E-state index contributed by atoms with van der Waals surface area (Å²) in [5.74, 6) is -0.953. The van der Waals surface area contributed by atoms with E-state index in [0.717, 1.165) is 10.6 Å². The topological polar surface area (TPSA) is 119 Å². The van der Waals surface area contributed by atoms with Crippen LogP contribution >= 0.6 is 11.6 Å². The highest BCUT2D eigenvalue weighted by molar-refractivity contribution is 7.92. The second-order valence-electron chi connectivity index (χ2n) is 6.20.